The second-order valence-corrected chi connectivity index (χ2v) is 6.30. The lowest BCUT2D eigenvalue weighted by Crippen LogP contribution is -2.30. The molecule has 0 saturated carbocycles. The predicted molar refractivity (Wildman–Crippen MR) is 104 cm³/mol. The van der Waals surface area contributed by atoms with Crippen LogP contribution in [0.1, 0.15) is 33.9 Å². The van der Waals surface area contributed by atoms with Crippen LogP contribution < -0.4 is 5.32 Å². The van der Waals surface area contributed by atoms with Crippen LogP contribution in [0.15, 0.2) is 84.9 Å². The molecular formula is C23H20FNO3. The molecule has 3 rings (SSSR count). The Morgan fingerprint density at radius 3 is 2.11 bits per heavy atom. The van der Waals surface area contributed by atoms with Gasteiger partial charge in [-0.25, -0.2) is 9.18 Å². The fourth-order valence-corrected chi connectivity index (χ4v) is 2.78. The Morgan fingerprint density at radius 2 is 1.46 bits per heavy atom. The molecule has 0 aliphatic rings. The Labute approximate surface area is 163 Å². The molecule has 1 amide bonds. The number of rotatable bonds is 7. The molecule has 0 heterocycles. The number of hydrogen-bond donors (Lipinski definition) is 1. The van der Waals surface area contributed by atoms with E-state index in [1.54, 1.807) is 36.4 Å². The van der Waals surface area contributed by atoms with Gasteiger partial charge < -0.3 is 10.1 Å². The SMILES string of the molecule is O=C(NC(CC(=O)c1ccccc1)c1ccc(F)cc1)OCc1ccccc1. The van der Waals surface area contributed by atoms with Crippen molar-refractivity contribution in [2.45, 2.75) is 19.1 Å². The Balaban J connectivity index is 1.69. The summed E-state index contributed by atoms with van der Waals surface area (Å²) in [5, 5.41) is 2.72. The van der Waals surface area contributed by atoms with Crippen molar-refractivity contribution < 1.29 is 18.7 Å². The molecule has 1 unspecified atom stereocenters. The monoisotopic (exact) mass is 377 g/mol. The molecule has 0 aromatic heterocycles. The minimum absolute atomic E-state index is 0.0378. The second-order valence-electron chi connectivity index (χ2n) is 6.30. The standard InChI is InChI=1S/C23H20FNO3/c24-20-13-11-18(12-14-20)21(15-22(26)19-9-5-2-6-10-19)25-23(27)28-16-17-7-3-1-4-8-17/h1-14,21H,15-16H2,(H,25,27). The highest BCUT2D eigenvalue weighted by Crippen LogP contribution is 2.20. The van der Waals surface area contributed by atoms with Crippen LogP contribution in [0.5, 0.6) is 0 Å². The van der Waals surface area contributed by atoms with Gasteiger partial charge in [0.15, 0.2) is 5.78 Å². The van der Waals surface area contributed by atoms with E-state index in [1.807, 2.05) is 36.4 Å². The molecule has 0 aliphatic carbocycles. The van der Waals surface area contributed by atoms with Crippen LogP contribution >= 0.6 is 0 Å². The maximum atomic E-state index is 13.3. The van der Waals surface area contributed by atoms with Gasteiger partial charge in [-0.3, -0.25) is 4.79 Å². The summed E-state index contributed by atoms with van der Waals surface area (Å²) in [5.41, 5.74) is 2.03. The van der Waals surface area contributed by atoms with Crippen LogP contribution in [0.3, 0.4) is 0 Å². The van der Waals surface area contributed by atoms with E-state index in [0.29, 0.717) is 11.1 Å². The van der Waals surface area contributed by atoms with Gasteiger partial charge in [0.1, 0.15) is 12.4 Å². The van der Waals surface area contributed by atoms with Crippen LogP contribution in [0.25, 0.3) is 0 Å². The van der Waals surface area contributed by atoms with Crippen molar-refractivity contribution in [1.29, 1.82) is 0 Å². The Kier molecular flexibility index (Phi) is 6.52. The highest BCUT2D eigenvalue weighted by molar-refractivity contribution is 5.96. The number of amides is 1. The zero-order valence-corrected chi connectivity index (χ0v) is 15.2. The summed E-state index contributed by atoms with van der Waals surface area (Å²) < 4.78 is 18.5. The van der Waals surface area contributed by atoms with E-state index in [2.05, 4.69) is 5.32 Å². The van der Waals surface area contributed by atoms with Crippen molar-refractivity contribution in [1.82, 2.24) is 5.32 Å². The summed E-state index contributed by atoms with van der Waals surface area (Å²) in [4.78, 5) is 24.9. The van der Waals surface area contributed by atoms with E-state index >= 15 is 0 Å². The maximum absolute atomic E-state index is 13.3. The van der Waals surface area contributed by atoms with Gasteiger partial charge in [-0.2, -0.15) is 0 Å². The summed E-state index contributed by atoms with van der Waals surface area (Å²) in [7, 11) is 0. The minimum Gasteiger partial charge on any atom is -0.445 e. The number of carbonyl (C=O) groups excluding carboxylic acids is 2. The molecule has 5 heteroatoms. The molecule has 3 aromatic rings. The van der Waals surface area contributed by atoms with Crippen molar-refractivity contribution in [2.75, 3.05) is 0 Å². The number of ketones is 1. The van der Waals surface area contributed by atoms with E-state index in [-0.39, 0.29) is 24.6 Å². The van der Waals surface area contributed by atoms with E-state index in [9.17, 15) is 14.0 Å². The number of alkyl carbamates (subject to hydrolysis) is 1. The van der Waals surface area contributed by atoms with Crippen molar-refractivity contribution in [3.8, 4) is 0 Å². The maximum Gasteiger partial charge on any atom is 0.407 e. The zero-order chi connectivity index (χ0) is 19.8. The highest BCUT2D eigenvalue weighted by Gasteiger charge is 2.20. The Bertz CT molecular complexity index is 912. The molecule has 0 bridgehead atoms. The van der Waals surface area contributed by atoms with Crippen molar-refractivity contribution in [3.63, 3.8) is 0 Å². The first-order chi connectivity index (χ1) is 13.6. The van der Waals surface area contributed by atoms with Crippen molar-refractivity contribution >= 4 is 11.9 Å². The summed E-state index contributed by atoms with van der Waals surface area (Å²) >= 11 is 0. The molecule has 4 nitrogen and oxygen atoms in total. The third kappa shape index (κ3) is 5.51. The minimum atomic E-state index is -0.640. The normalized spacial score (nSPS) is 11.5. The zero-order valence-electron chi connectivity index (χ0n) is 15.2. The van der Waals surface area contributed by atoms with Crippen LogP contribution in [-0.4, -0.2) is 11.9 Å². The molecule has 3 aromatic carbocycles. The Morgan fingerprint density at radius 1 is 0.857 bits per heavy atom. The summed E-state index contributed by atoms with van der Waals surface area (Å²) in [5.74, 6) is -0.512. The number of benzene rings is 3. The lowest BCUT2D eigenvalue weighted by Gasteiger charge is -2.19. The van der Waals surface area contributed by atoms with E-state index in [4.69, 9.17) is 4.74 Å². The molecule has 0 fully saturated rings. The van der Waals surface area contributed by atoms with Gasteiger partial charge in [-0.1, -0.05) is 72.8 Å². The average Bonchev–Trinajstić information content (AvgIpc) is 2.74. The smallest absolute Gasteiger partial charge is 0.407 e. The number of halogens is 1. The summed E-state index contributed by atoms with van der Waals surface area (Å²) in [6.07, 6.45) is -0.602. The number of ether oxygens (including phenoxy) is 1. The van der Waals surface area contributed by atoms with Gasteiger partial charge in [-0.05, 0) is 23.3 Å². The van der Waals surface area contributed by atoms with Crippen LogP contribution in [0.4, 0.5) is 9.18 Å². The fraction of sp³-hybridized carbons (Fsp3) is 0.130. The van der Waals surface area contributed by atoms with Gasteiger partial charge in [0.2, 0.25) is 0 Å². The third-order valence-corrected chi connectivity index (χ3v) is 4.26. The quantitative estimate of drug-likeness (QED) is 0.585. The molecule has 0 aliphatic heterocycles. The second kappa shape index (κ2) is 9.46. The largest absolute Gasteiger partial charge is 0.445 e. The molecule has 1 atom stereocenters. The predicted octanol–water partition coefficient (Wildman–Crippen LogP) is 5.07. The van der Waals surface area contributed by atoms with E-state index in [1.165, 1.54) is 12.1 Å². The number of hydrogen-bond acceptors (Lipinski definition) is 3. The van der Waals surface area contributed by atoms with Gasteiger partial charge in [0.05, 0.1) is 6.04 Å². The average molecular weight is 377 g/mol. The molecule has 0 spiro atoms. The van der Waals surface area contributed by atoms with Crippen LogP contribution in [0.2, 0.25) is 0 Å². The van der Waals surface area contributed by atoms with Crippen LogP contribution in [0, 0.1) is 5.82 Å². The Hall–Kier alpha value is -3.47. The number of nitrogens with one attached hydrogen (secondary N) is 1. The van der Waals surface area contributed by atoms with Gasteiger partial charge in [0, 0.05) is 12.0 Å². The summed E-state index contributed by atoms with van der Waals surface area (Å²) in [6, 6.07) is 23.2. The van der Waals surface area contributed by atoms with Gasteiger partial charge in [0.25, 0.3) is 0 Å². The highest BCUT2D eigenvalue weighted by atomic mass is 19.1. The van der Waals surface area contributed by atoms with Gasteiger partial charge in [-0.15, -0.1) is 0 Å². The third-order valence-electron chi connectivity index (χ3n) is 4.26. The lowest BCUT2D eigenvalue weighted by atomic mass is 9.98. The topological polar surface area (TPSA) is 55.4 Å². The molecule has 1 N–H and O–H groups in total. The molecule has 0 saturated heterocycles. The molecule has 0 radical (unpaired) electrons. The molecular weight excluding hydrogens is 357 g/mol. The lowest BCUT2D eigenvalue weighted by molar-refractivity contribution is 0.0963. The number of carbonyl (C=O) groups is 2. The van der Waals surface area contributed by atoms with E-state index in [0.717, 1.165) is 5.56 Å². The first-order valence-electron chi connectivity index (χ1n) is 8.93. The summed E-state index contributed by atoms with van der Waals surface area (Å²) in [6.45, 7) is 0.120. The first kappa shape index (κ1) is 19.3. The fourth-order valence-electron chi connectivity index (χ4n) is 2.78. The molecule has 28 heavy (non-hydrogen) atoms. The van der Waals surface area contributed by atoms with Crippen molar-refractivity contribution in [3.05, 3.63) is 107 Å². The number of Topliss-reactive ketones (excluding diaryl/α,β-unsaturated/α-hetero) is 1. The van der Waals surface area contributed by atoms with Gasteiger partial charge >= 0.3 is 6.09 Å². The van der Waals surface area contributed by atoms with E-state index < -0.39 is 12.1 Å². The van der Waals surface area contributed by atoms with Crippen molar-refractivity contribution in [2.24, 2.45) is 0 Å². The van der Waals surface area contributed by atoms with Crippen LogP contribution in [-0.2, 0) is 11.3 Å². The molecule has 142 valence electrons. The first-order valence-corrected chi connectivity index (χ1v) is 8.93.